The molecule has 0 atom stereocenters. The lowest BCUT2D eigenvalue weighted by molar-refractivity contribution is -0.384. The Morgan fingerprint density at radius 2 is 1.80 bits per heavy atom. The zero-order valence-corrected chi connectivity index (χ0v) is 14.2. The quantitative estimate of drug-likeness (QED) is 0.375. The lowest BCUT2D eigenvalue weighted by atomic mass is 10.2. The second kappa shape index (κ2) is 6.68. The molecule has 0 unspecified atom stereocenters. The van der Waals surface area contributed by atoms with Gasteiger partial charge in [-0.1, -0.05) is 42.1 Å². The van der Waals surface area contributed by atoms with E-state index >= 15 is 0 Å². The molecule has 0 saturated heterocycles. The molecule has 1 fully saturated rings. The van der Waals surface area contributed by atoms with E-state index in [1.165, 1.54) is 12.1 Å². The van der Waals surface area contributed by atoms with Crippen molar-refractivity contribution < 1.29 is 4.92 Å². The first kappa shape index (κ1) is 15.8. The molecule has 0 bridgehead atoms. The van der Waals surface area contributed by atoms with Gasteiger partial charge < -0.3 is 0 Å². The molecule has 2 aromatic carbocycles. The van der Waals surface area contributed by atoms with E-state index in [0.29, 0.717) is 11.7 Å². The molecular weight excluding hydrogens is 336 g/mol. The number of nitro benzene ring substituents is 1. The van der Waals surface area contributed by atoms with Crippen molar-refractivity contribution in [2.24, 2.45) is 0 Å². The normalized spacial score (nSPS) is 13.8. The van der Waals surface area contributed by atoms with Gasteiger partial charge in [0.05, 0.1) is 4.92 Å². The van der Waals surface area contributed by atoms with Gasteiger partial charge in [0.2, 0.25) is 0 Å². The molecule has 0 radical (unpaired) electrons. The van der Waals surface area contributed by atoms with Crippen molar-refractivity contribution in [3.63, 3.8) is 0 Å². The second-order valence-corrected chi connectivity index (χ2v) is 6.94. The third-order valence-corrected chi connectivity index (χ3v) is 5.13. The van der Waals surface area contributed by atoms with Crippen LogP contribution in [0.4, 0.5) is 5.69 Å². The van der Waals surface area contributed by atoms with Crippen LogP contribution in [0.1, 0.15) is 30.1 Å². The highest BCUT2D eigenvalue weighted by molar-refractivity contribution is 7.98. The van der Waals surface area contributed by atoms with Crippen LogP contribution < -0.4 is 0 Å². The van der Waals surface area contributed by atoms with Crippen LogP contribution in [0.5, 0.6) is 0 Å². The van der Waals surface area contributed by atoms with E-state index in [1.807, 2.05) is 18.2 Å². The van der Waals surface area contributed by atoms with E-state index < -0.39 is 0 Å². The Morgan fingerprint density at radius 1 is 1.08 bits per heavy atom. The van der Waals surface area contributed by atoms with Gasteiger partial charge in [-0.25, -0.2) is 0 Å². The van der Waals surface area contributed by atoms with Crippen molar-refractivity contribution in [2.45, 2.75) is 29.7 Å². The highest BCUT2D eigenvalue weighted by Crippen LogP contribution is 2.41. The Hall–Kier alpha value is -2.67. The number of para-hydroxylation sites is 1. The number of rotatable bonds is 6. The van der Waals surface area contributed by atoms with E-state index in [4.69, 9.17) is 0 Å². The molecule has 1 aromatic heterocycles. The molecular formula is C18H16N4O2S. The van der Waals surface area contributed by atoms with Gasteiger partial charge in [-0.3, -0.25) is 14.7 Å². The van der Waals surface area contributed by atoms with Crippen molar-refractivity contribution in [1.82, 2.24) is 14.8 Å². The third kappa shape index (κ3) is 3.41. The minimum atomic E-state index is -0.384. The number of nitro groups is 1. The van der Waals surface area contributed by atoms with E-state index in [1.54, 1.807) is 23.9 Å². The highest BCUT2D eigenvalue weighted by atomic mass is 32.2. The van der Waals surface area contributed by atoms with Gasteiger partial charge in [0.1, 0.15) is 5.82 Å². The molecule has 0 amide bonds. The number of thioether (sulfide) groups is 1. The summed E-state index contributed by atoms with van der Waals surface area (Å²) in [7, 11) is 0. The molecule has 3 aromatic rings. The maximum Gasteiger partial charge on any atom is 0.269 e. The first-order valence-corrected chi connectivity index (χ1v) is 9.08. The Labute approximate surface area is 149 Å². The average Bonchev–Trinajstić information content (AvgIpc) is 3.40. The lowest BCUT2D eigenvalue weighted by Crippen LogP contribution is -2.01. The lowest BCUT2D eigenvalue weighted by Gasteiger charge is -2.09. The number of non-ortho nitro benzene ring substituents is 1. The summed E-state index contributed by atoms with van der Waals surface area (Å²) in [4.78, 5) is 10.4. The smallest absolute Gasteiger partial charge is 0.269 e. The summed E-state index contributed by atoms with van der Waals surface area (Å²) in [6.45, 7) is 0. The zero-order chi connectivity index (χ0) is 17.2. The van der Waals surface area contributed by atoms with Crippen molar-refractivity contribution in [3.8, 4) is 5.69 Å². The maximum absolute atomic E-state index is 10.7. The first-order valence-electron chi connectivity index (χ1n) is 8.09. The molecule has 0 N–H and O–H groups in total. The number of benzene rings is 2. The topological polar surface area (TPSA) is 73.8 Å². The van der Waals surface area contributed by atoms with Crippen LogP contribution in [-0.2, 0) is 5.75 Å². The zero-order valence-electron chi connectivity index (χ0n) is 13.4. The summed E-state index contributed by atoms with van der Waals surface area (Å²) < 4.78 is 2.13. The fraction of sp³-hybridized carbons (Fsp3) is 0.222. The Balaban J connectivity index is 1.57. The molecule has 1 heterocycles. The number of hydrogen-bond donors (Lipinski definition) is 0. The van der Waals surface area contributed by atoms with Crippen LogP contribution in [0.25, 0.3) is 5.69 Å². The molecule has 25 heavy (non-hydrogen) atoms. The van der Waals surface area contributed by atoms with E-state index in [9.17, 15) is 10.1 Å². The van der Waals surface area contributed by atoms with E-state index in [-0.39, 0.29) is 10.6 Å². The van der Waals surface area contributed by atoms with Crippen LogP contribution in [0.15, 0.2) is 59.8 Å². The number of hydrogen-bond acceptors (Lipinski definition) is 5. The van der Waals surface area contributed by atoms with Gasteiger partial charge in [0.25, 0.3) is 5.69 Å². The standard InChI is InChI=1S/C18H16N4O2S/c23-22(24)16-10-6-13(7-11-16)12-25-18-20-19-17(14-8-9-14)21(18)15-4-2-1-3-5-15/h1-7,10-11,14H,8-9,12H2. The van der Waals surface area contributed by atoms with Crippen molar-refractivity contribution in [3.05, 3.63) is 76.1 Å². The SMILES string of the molecule is O=[N+]([O-])c1ccc(CSc2nnc(C3CC3)n2-c2ccccc2)cc1. The van der Waals surface area contributed by atoms with Crippen LogP contribution >= 0.6 is 11.8 Å². The average molecular weight is 352 g/mol. The summed E-state index contributed by atoms with van der Waals surface area (Å²) in [5.74, 6) is 2.21. The summed E-state index contributed by atoms with van der Waals surface area (Å²) in [6.07, 6.45) is 2.33. The molecule has 1 aliphatic carbocycles. The molecule has 1 saturated carbocycles. The fourth-order valence-corrected chi connectivity index (χ4v) is 3.58. The monoisotopic (exact) mass is 352 g/mol. The van der Waals surface area contributed by atoms with Crippen LogP contribution in [0.3, 0.4) is 0 Å². The van der Waals surface area contributed by atoms with E-state index in [0.717, 1.165) is 35.1 Å². The van der Waals surface area contributed by atoms with Crippen molar-refractivity contribution in [2.75, 3.05) is 0 Å². The molecule has 6 nitrogen and oxygen atoms in total. The van der Waals surface area contributed by atoms with Gasteiger partial charge in [-0.15, -0.1) is 10.2 Å². The van der Waals surface area contributed by atoms with Gasteiger partial charge in [-0.2, -0.15) is 0 Å². The molecule has 126 valence electrons. The summed E-state index contributed by atoms with van der Waals surface area (Å²) in [5.41, 5.74) is 2.20. The van der Waals surface area contributed by atoms with Gasteiger partial charge in [-0.05, 0) is 30.5 Å². The molecule has 4 rings (SSSR count). The highest BCUT2D eigenvalue weighted by Gasteiger charge is 2.30. The van der Waals surface area contributed by atoms with E-state index in [2.05, 4.69) is 26.9 Å². The van der Waals surface area contributed by atoms with Crippen LogP contribution in [0, 0.1) is 10.1 Å². The molecule has 1 aliphatic rings. The summed E-state index contributed by atoms with van der Waals surface area (Å²) in [5, 5.41) is 20.4. The Bertz CT molecular complexity index is 889. The van der Waals surface area contributed by atoms with Gasteiger partial charge >= 0.3 is 0 Å². The summed E-state index contributed by atoms with van der Waals surface area (Å²) >= 11 is 1.59. The predicted molar refractivity (Wildman–Crippen MR) is 96.0 cm³/mol. The molecule has 7 heteroatoms. The second-order valence-electron chi connectivity index (χ2n) is 6.00. The Morgan fingerprint density at radius 3 is 2.44 bits per heavy atom. The van der Waals surface area contributed by atoms with Crippen LogP contribution in [-0.4, -0.2) is 19.7 Å². The maximum atomic E-state index is 10.7. The third-order valence-electron chi connectivity index (χ3n) is 4.13. The fourth-order valence-electron chi connectivity index (χ4n) is 2.66. The van der Waals surface area contributed by atoms with Crippen molar-refractivity contribution in [1.29, 1.82) is 0 Å². The van der Waals surface area contributed by atoms with Crippen molar-refractivity contribution >= 4 is 17.4 Å². The van der Waals surface area contributed by atoms with Gasteiger partial charge in [0, 0.05) is 29.5 Å². The van der Waals surface area contributed by atoms with Crippen LogP contribution in [0.2, 0.25) is 0 Å². The Kier molecular flexibility index (Phi) is 4.23. The first-order chi connectivity index (χ1) is 12.2. The minimum Gasteiger partial charge on any atom is -0.274 e. The number of nitrogens with zero attached hydrogens (tertiary/aromatic N) is 4. The molecule has 0 spiro atoms. The number of aromatic nitrogens is 3. The largest absolute Gasteiger partial charge is 0.274 e. The minimum absolute atomic E-state index is 0.109. The predicted octanol–water partition coefficient (Wildman–Crippen LogP) is 4.35. The van der Waals surface area contributed by atoms with Gasteiger partial charge in [0.15, 0.2) is 5.16 Å². The molecule has 0 aliphatic heterocycles. The summed E-state index contributed by atoms with van der Waals surface area (Å²) in [6, 6.07) is 16.8.